The number of urea groups is 1. The summed E-state index contributed by atoms with van der Waals surface area (Å²) in [5.74, 6) is -3.40. The Labute approximate surface area is 160 Å². The van der Waals surface area contributed by atoms with Crippen LogP contribution in [0.25, 0.3) is 0 Å². The number of amides is 4. The Morgan fingerprint density at radius 2 is 2.04 bits per heavy atom. The van der Waals surface area contributed by atoms with Gasteiger partial charge < -0.3 is 10.2 Å². The van der Waals surface area contributed by atoms with E-state index in [0.29, 0.717) is 4.90 Å². The molecule has 152 valence electrons. The Morgan fingerprint density at radius 1 is 1.36 bits per heavy atom. The molecule has 2 fully saturated rings. The van der Waals surface area contributed by atoms with Crippen molar-refractivity contribution >= 4 is 27.7 Å². The number of carbonyl (C=O) groups excluding carboxylic acids is 3. The number of benzene rings is 1. The normalized spacial score (nSPS) is 26.4. The molecule has 4 amide bonds. The minimum atomic E-state index is -3.22. The van der Waals surface area contributed by atoms with Crippen LogP contribution in [0.5, 0.6) is 0 Å². The zero-order valence-corrected chi connectivity index (χ0v) is 16.1. The molecule has 11 heteroatoms. The first-order valence-electron chi connectivity index (χ1n) is 8.50. The van der Waals surface area contributed by atoms with Gasteiger partial charge in [-0.05, 0) is 31.5 Å². The average molecular weight is 415 g/mol. The van der Waals surface area contributed by atoms with Gasteiger partial charge in [-0.1, -0.05) is 0 Å². The summed E-state index contributed by atoms with van der Waals surface area (Å²) in [4.78, 5) is 39.3. The third-order valence-electron chi connectivity index (χ3n) is 5.18. The molecule has 3 rings (SSSR count). The first kappa shape index (κ1) is 20.2. The molecule has 8 nitrogen and oxygen atoms in total. The number of nitrogens with zero attached hydrogens (tertiary/aromatic N) is 2. The molecule has 2 saturated heterocycles. The molecule has 0 aliphatic carbocycles. The fourth-order valence-corrected chi connectivity index (χ4v) is 5.21. The summed E-state index contributed by atoms with van der Waals surface area (Å²) < 4.78 is 50.8. The van der Waals surface area contributed by atoms with Crippen LogP contribution in [0.3, 0.4) is 0 Å². The molecule has 2 heterocycles. The lowest BCUT2D eigenvalue weighted by molar-refractivity contribution is -0.139. The van der Waals surface area contributed by atoms with E-state index >= 15 is 0 Å². The molecule has 0 aromatic heterocycles. The van der Waals surface area contributed by atoms with Crippen molar-refractivity contribution in [2.75, 3.05) is 25.1 Å². The van der Waals surface area contributed by atoms with Crippen LogP contribution < -0.4 is 5.32 Å². The molecular formula is C17H19F2N3O5S. The molecule has 1 N–H and O–H groups in total. The van der Waals surface area contributed by atoms with Crippen molar-refractivity contribution in [1.82, 2.24) is 15.1 Å². The van der Waals surface area contributed by atoms with Gasteiger partial charge in [-0.15, -0.1) is 0 Å². The summed E-state index contributed by atoms with van der Waals surface area (Å²) in [5, 5.41) is 2.31. The topological polar surface area (TPSA) is 104 Å². The van der Waals surface area contributed by atoms with Crippen LogP contribution in [0.15, 0.2) is 18.2 Å². The first-order chi connectivity index (χ1) is 12.9. The predicted octanol–water partition coefficient (Wildman–Crippen LogP) is 0.377. The Morgan fingerprint density at radius 3 is 2.64 bits per heavy atom. The van der Waals surface area contributed by atoms with Gasteiger partial charge in [0.2, 0.25) is 5.91 Å². The van der Waals surface area contributed by atoms with Gasteiger partial charge in [0.05, 0.1) is 11.5 Å². The van der Waals surface area contributed by atoms with Gasteiger partial charge in [-0.3, -0.25) is 14.5 Å². The fourth-order valence-electron chi connectivity index (χ4n) is 3.44. The van der Waals surface area contributed by atoms with Gasteiger partial charge in [0.15, 0.2) is 9.84 Å². The smallest absolute Gasteiger partial charge is 0.325 e. The lowest BCUT2D eigenvalue weighted by Gasteiger charge is -2.26. The molecule has 2 aliphatic rings. The fraction of sp³-hybridized carbons (Fsp3) is 0.471. The zero-order valence-electron chi connectivity index (χ0n) is 15.2. The molecule has 2 aliphatic heterocycles. The molecule has 2 atom stereocenters. The van der Waals surface area contributed by atoms with Crippen LogP contribution >= 0.6 is 0 Å². The summed E-state index contributed by atoms with van der Waals surface area (Å²) in [6.45, 7) is 0.590. The number of likely N-dealkylation sites (N-methyl/N-ethyl adjacent to an activating group) is 1. The van der Waals surface area contributed by atoms with Crippen molar-refractivity contribution in [2.45, 2.75) is 24.9 Å². The highest BCUT2D eigenvalue weighted by Crippen LogP contribution is 2.31. The standard InChI is InChI=1S/C17H19F2N3O5S/c1-17(12-7-10(18)3-4-13(12)19)15(24)22(16(25)20-17)8-14(23)21(2)11-5-6-28(26,27)9-11/h3-4,7,11H,5-6,8-9H2,1-2H3,(H,20,25)/t11-,17+/m1/s1. The third kappa shape index (κ3) is 3.46. The second kappa shape index (κ2) is 6.80. The maximum Gasteiger partial charge on any atom is 0.325 e. The summed E-state index contributed by atoms with van der Waals surface area (Å²) in [6.07, 6.45) is 0.275. The Hall–Kier alpha value is -2.56. The van der Waals surface area contributed by atoms with Crippen molar-refractivity contribution in [2.24, 2.45) is 0 Å². The minimum Gasteiger partial charge on any atom is -0.340 e. The van der Waals surface area contributed by atoms with E-state index in [0.717, 1.165) is 18.2 Å². The Bertz CT molecular complexity index is 968. The van der Waals surface area contributed by atoms with Crippen molar-refractivity contribution < 1.29 is 31.6 Å². The first-order valence-corrected chi connectivity index (χ1v) is 10.3. The van der Waals surface area contributed by atoms with Crippen LogP contribution in [0.2, 0.25) is 0 Å². The molecule has 0 unspecified atom stereocenters. The number of sulfone groups is 1. The predicted molar refractivity (Wildman–Crippen MR) is 93.8 cm³/mol. The van der Waals surface area contributed by atoms with Crippen LogP contribution in [-0.4, -0.2) is 67.2 Å². The monoisotopic (exact) mass is 415 g/mol. The highest BCUT2D eigenvalue weighted by molar-refractivity contribution is 7.91. The van der Waals surface area contributed by atoms with E-state index in [1.54, 1.807) is 0 Å². The van der Waals surface area contributed by atoms with Gasteiger partial charge in [-0.2, -0.15) is 0 Å². The van der Waals surface area contributed by atoms with Crippen LogP contribution in [0.1, 0.15) is 18.9 Å². The molecule has 1 aromatic carbocycles. The Balaban J connectivity index is 1.78. The highest BCUT2D eigenvalue weighted by Gasteiger charge is 2.51. The molecule has 0 radical (unpaired) electrons. The van der Waals surface area contributed by atoms with Crippen LogP contribution in [0.4, 0.5) is 13.6 Å². The number of imide groups is 1. The van der Waals surface area contributed by atoms with Crippen molar-refractivity contribution in [3.63, 3.8) is 0 Å². The highest BCUT2D eigenvalue weighted by atomic mass is 32.2. The molecule has 1 aromatic rings. The van der Waals surface area contributed by atoms with Gasteiger partial charge in [0, 0.05) is 18.7 Å². The van der Waals surface area contributed by atoms with Gasteiger partial charge in [0.1, 0.15) is 23.7 Å². The summed E-state index contributed by atoms with van der Waals surface area (Å²) in [7, 11) is -1.82. The quantitative estimate of drug-likeness (QED) is 0.716. The Kier molecular flexibility index (Phi) is 4.90. The average Bonchev–Trinajstić information content (AvgIpc) is 3.08. The number of halogens is 2. The number of rotatable bonds is 4. The second-order valence-corrected chi connectivity index (χ2v) is 9.36. The summed E-state index contributed by atoms with van der Waals surface area (Å²) >= 11 is 0. The van der Waals surface area contributed by atoms with E-state index in [2.05, 4.69) is 5.32 Å². The van der Waals surface area contributed by atoms with E-state index in [1.807, 2.05) is 0 Å². The van der Waals surface area contributed by atoms with E-state index in [1.165, 1.54) is 18.9 Å². The lowest BCUT2D eigenvalue weighted by atomic mass is 9.91. The lowest BCUT2D eigenvalue weighted by Crippen LogP contribution is -2.46. The molecule has 0 spiro atoms. The SMILES string of the molecule is CN(C(=O)CN1C(=O)N[C@@](C)(c2cc(F)ccc2F)C1=O)[C@@H]1CCS(=O)(=O)C1. The van der Waals surface area contributed by atoms with Crippen molar-refractivity contribution in [3.8, 4) is 0 Å². The number of hydrogen-bond donors (Lipinski definition) is 1. The molecule has 28 heavy (non-hydrogen) atoms. The van der Waals surface area contributed by atoms with E-state index < -0.39 is 57.4 Å². The zero-order chi connectivity index (χ0) is 20.9. The van der Waals surface area contributed by atoms with Crippen LogP contribution in [-0.2, 0) is 25.0 Å². The van der Waals surface area contributed by atoms with Gasteiger partial charge >= 0.3 is 6.03 Å². The van der Waals surface area contributed by atoms with E-state index in [4.69, 9.17) is 0 Å². The third-order valence-corrected chi connectivity index (χ3v) is 6.94. The van der Waals surface area contributed by atoms with Gasteiger partial charge in [0.25, 0.3) is 5.91 Å². The molecular weight excluding hydrogens is 396 g/mol. The van der Waals surface area contributed by atoms with Crippen LogP contribution in [0, 0.1) is 11.6 Å². The molecule has 0 bridgehead atoms. The maximum absolute atomic E-state index is 14.1. The number of hydrogen-bond acceptors (Lipinski definition) is 5. The maximum atomic E-state index is 14.1. The number of nitrogens with one attached hydrogen (secondary N) is 1. The minimum absolute atomic E-state index is 0.0324. The number of carbonyl (C=O) groups is 3. The summed E-state index contributed by atoms with van der Waals surface area (Å²) in [5.41, 5.74) is -2.21. The second-order valence-electron chi connectivity index (χ2n) is 7.13. The molecule has 0 saturated carbocycles. The van der Waals surface area contributed by atoms with Crippen molar-refractivity contribution in [1.29, 1.82) is 0 Å². The van der Waals surface area contributed by atoms with E-state index in [9.17, 15) is 31.6 Å². The van der Waals surface area contributed by atoms with Gasteiger partial charge in [-0.25, -0.2) is 22.0 Å². The largest absolute Gasteiger partial charge is 0.340 e. The van der Waals surface area contributed by atoms with E-state index in [-0.39, 0.29) is 23.5 Å². The van der Waals surface area contributed by atoms with Crippen molar-refractivity contribution in [3.05, 3.63) is 35.4 Å². The summed E-state index contributed by atoms with van der Waals surface area (Å²) in [6, 6.07) is 1.09.